The van der Waals surface area contributed by atoms with Crippen molar-refractivity contribution in [2.75, 3.05) is 5.32 Å². The summed E-state index contributed by atoms with van der Waals surface area (Å²) in [6, 6.07) is 12.7. The summed E-state index contributed by atoms with van der Waals surface area (Å²) in [5.74, 6) is -0.907. The fraction of sp³-hybridized carbons (Fsp3) is 0.0588. The zero-order valence-electron chi connectivity index (χ0n) is 13.2. The number of phenols is 1. The first kappa shape index (κ1) is 16.2. The van der Waals surface area contributed by atoms with E-state index in [0.29, 0.717) is 5.69 Å². The van der Waals surface area contributed by atoms with Crippen LogP contribution in [0.1, 0.15) is 16.1 Å². The maximum absolute atomic E-state index is 12.3. The molecule has 126 valence electrons. The number of benzene rings is 2. The van der Waals surface area contributed by atoms with Crippen LogP contribution in [0, 0.1) is 17.0 Å². The molecule has 25 heavy (non-hydrogen) atoms. The molecule has 2 aromatic carbocycles. The number of nitro groups is 1. The lowest BCUT2D eigenvalue weighted by Gasteiger charge is -2.05. The van der Waals surface area contributed by atoms with Gasteiger partial charge in [0.15, 0.2) is 0 Å². The largest absolute Gasteiger partial charge is 0.506 e. The molecule has 8 heteroatoms. The molecule has 0 saturated carbocycles. The average molecular weight is 338 g/mol. The van der Waals surface area contributed by atoms with Gasteiger partial charge in [-0.25, -0.2) is 0 Å². The van der Waals surface area contributed by atoms with Crippen LogP contribution in [0.4, 0.5) is 11.4 Å². The van der Waals surface area contributed by atoms with Crippen molar-refractivity contribution in [2.24, 2.45) is 0 Å². The molecule has 0 spiro atoms. The monoisotopic (exact) mass is 338 g/mol. The molecule has 3 N–H and O–H groups in total. The molecule has 0 aliphatic heterocycles. The third-order valence-corrected chi connectivity index (χ3v) is 3.61. The summed E-state index contributed by atoms with van der Waals surface area (Å²) in [6.07, 6.45) is 0. The predicted molar refractivity (Wildman–Crippen MR) is 91.5 cm³/mol. The number of nitrogens with one attached hydrogen (secondary N) is 2. The van der Waals surface area contributed by atoms with E-state index in [4.69, 9.17) is 0 Å². The second-order valence-electron chi connectivity index (χ2n) is 5.45. The topological polar surface area (TPSA) is 121 Å². The van der Waals surface area contributed by atoms with Crippen molar-refractivity contribution >= 4 is 17.3 Å². The van der Waals surface area contributed by atoms with Crippen molar-refractivity contribution in [1.29, 1.82) is 0 Å². The summed E-state index contributed by atoms with van der Waals surface area (Å²) in [5, 5.41) is 29.7. The van der Waals surface area contributed by atoms with E-state index in [1.54, 1.807) is 6.07 Å². The van der Waals surface area contributed by atoms with E-state index in [1.165, 1.54) is 12.1 Å². The normalized spacial score (nSPS) is 10.4. The molecule has 8 nitrogen and oxygen atoms in total. The number of H-pyrrole nitrogens is 1. The zero-order chi connectivity index (χ0) is 18.0. The number of hydrogen-bond acceptors (Lipinski definition) is 5. The molecule has 3 aromatic rings. The Kier molecular flexibility index (Phi) is 4.17. The Labute approximate surface area is 142 Å². The van der Waals surface area contributed by atoms with Crippen molar-refractivity contribution in [3.05, 3.63) is 69.9 Å². The lowest BCUT2D eigenvalue weighted by Crippen LogP contribution is -2.12. The summed E-state index contributed by atoms with van der Waals surface area (Å²) < 4.78 is 0. The van der Waals surface area contributed by atoms with Gasteiger partial charge in [0.25, 0.3) is 11.6 Å². The van der Waals surface area contributed by atoms with Crippen molar-refractivity contribution in [1.82, 2.24) is 10.2 Å². The summed E-state index contributed by atoms with van der Waals surface area (Å²) >= 11 is 0. The Morgan fingerprint density at radius 1 is 1.20 bits per heavy atom. The molecule has 0 aliphatic rings. The van der Waals surface area contributed by atoms with Gasteiger partial charge in [-0.05, 0) is 19.1 Å². The molecule has 0 bridgehead atoms. The first-order valence-electron chi connectivity index (χ1n) is 7.35. The van der Waals surface area contributed by atoms with Crippen LogP contribution in [-0.4, -0.2) is 26.1 Å². The molecule has 0 radical (unpaired) electrons. The van der Waals surface area contributed by atoms with E-state index >= 15 is 0 Å². The Morgan fingerprint density at radius 2 is 1.92 bits per heavy atom. The molecule has 0 unspecified atom stereocenters. The summed E-state index contributed by atoms with van der Waals surface area (Å²) in [6.45, 7) is 1.98. The van der Waals surface area contributed by atoms with Crippen LogP contribution < -0.4 is 5.32 Å². The van der Waals surface area contributed by atoms with Gasteiger partial charge in [-0.15, -0.1) is 0 Å². The number of aryl methyl sites for hydroxylation is 1. The van der Waals surface area contributed by atoms with Gasteiger partial charge in [0.1, 0.15) is 11.4 Å². The number of non-ortho nitro benzene ring substituents is 1. The number of aromatic nitrogens is 2. The summed E-state index contributed by atoms with van der Waals surface area (Å²) in [4.78, 5) is 22.3. The molecule has 3 rings (SSSR count). The number of anilines is 1. The Hall–Kier alpha value is -3.68. The smallest absolute Gasteiger partial charge is 0.273 e. The molecule has 1 amide bonds. The van der Waals surface area contributed by atoms with Crippen LogP contribution in [0.3, 0.4) is 0 Å². The van der Waals surface area contributed by atoms with Gasteiger partial charge in [0.05, 0.1) is 22.4 Å². The number of amides is 1. The molecular weight excluding hydrogens is 324 g/mol. The maximum Gasteiger partial charge on any atom is 0.273 e. The quantitative estimate of drug-likeness (QED) is 0.383. The minimum Gasteiger partial charge on any atom is -0.506 e. The Bertz CT molecular complexity index is 948. The van der Waals surface area contributed by atoms with Crippen LogP contribution in [0.5, 0.6) is 5.75 Å². The highest BCUT2D eigenvalue weighted by atomic mass is 16.6. The van der Waals surface area contributed by atoms with E-state index in [1.807, 2.05) is 31.2 Å². The maximum atomic E-state index is 12.3. The van der Waals surface area contributed by atoms with Crippen molar-refractivity contribution < 1.29 is 14.8 Å². The highest BCUT2D eigenvalue weighted by Gasteiger charge is 2.15. The fourth-order valence-corrected chi connectivity index (χ4v) is 2.24. The van der Waals surface area contributed by atoms with E-state index in [2.05, 4.69) is 15.5 Å². The fourth-order valence-electron chi connectivity index (χ4n) is 2.24. The van der Waals surface area contributed by atoms with Crippen LogP contribution in [0.2, 0.25) is 0 Å². The van der Waals surface area contributed by atoms with E-state index < -0.39 is 10.8 Å². The minimum atomic E-state index is -0.631. The van der Waals surface area contributed by atoms with Gasteiger partial charge in [-0.1, -0.05) is 29.8 Å². The number of hydrogen-bond donors (Lipinski definition) is 3. The van der Waals surface area contributed by atoms with Crippen molar-refractivity contribution in [3.63, 3.8) is 0 Å². The number of nitrogens with zero attached hydrogens (tertiary/aromatic N) is 2. The Balaban J connectivity index is 1.78. The minimum absolute atomic E-state index is 0.0714. The molecule has 1 aromatic heterocycles. The Morgan fingerprint density at radius 3 is 2.56 bits per heavy atom. The first-order valence-corrected chi connectivity index (χ1v) is 7.35. The molecular formula is C17H14N4O4. The van der Waals surface area contributed by atoms with E-state index in [0.717, 1.165) is 17.2 Å². The van der Waals surface area contributed by atoms with Gasteiger partial charge < -0.3 is 10.4 Å². The SMILES string of the molecule is Cc1ccc(-c2cc(C(=O)Nc3ccc([N+](=O)[O-])cc3O)[nH]n2)cc1. The number of nitro benzene ring substituents is 1. The number of rotatable bonds is 4. The van der Waals surface area contributed by atoms with Gasteiger partial charge in [-0.2, -0.15) is 5.10 Å². The molecule has 0 fully saturated rings. The first-order chi connectivity index (χ1) is 11.9. The average Bonchev–Trinajstić information content (AvgIpc) is 3.07. The zero-order valence-corrected chi connectivity index (χ0v) is 13.2. The number of aromatic hydroxyl groups is 1. The number of carbonyl (C=O) groups is 1. The third kappa shape index (κ3) is 3.47. The predicted octanol–water partition coefficient (Wildman–Crippen LogP) is 3.25. The van der Waals surface area contributed by atoms with E-state index in [9.17, 15) is 20.0 Å². The number of aromatic amines is 1. The van der Waals surface area contributed by atoms with E-state index in [-0.39, 0.29) is 22.8 Å². The second kappa shape index (κ2) is 6.44. The van der Waals surface area contributed by atoms with Crippen LogP contribution in [0.25, 0.3) is 11.3 Å². The van der Waals surface area contributed by atoms with Gasteiger partial charge >= 0.3 is 0 Å². The summed E-state index contributed by atoms with van der Waals surface area (Å²) in [7, 11) is 0. The molecule has 0 atom stereocenters. The lowest BCUT2D eigenvalue weighted by molar-refractivity contribution is -0.384. The third-order valence-electron chi connectivity index (χ3n) is 3.61. The second-order valence-corrected chi connectivity index (χ2v) is 5.45. The van der Waals surface area contributed by atoms with Gasteiger partial charge in [0.2, 0.25) is 0 Å². The molecule has 0 saturated heterocycles. The van der Waals surface area contributed by atoms with Crippen molar-refractivity contribution in [2.45, 2.75) is 6.92 Å². The number of phenolic OH excluding ortho intramolecular Hbond substituents is 1. The van der Waals surface area contributed by atoms with Crippen LogP contribution >= 0.6 is 0 Å². The lowest BCUT2D eigenvalue weighted by atomic mass is 10.1. The number of carbonyl (C=O) groups excluding carboxylic acids is 1. The van der Waals surface area contributed by atoms with Crippen LogP contribution in [-0.2, 0) is 0 Å². The highest BCUT2D eigenvalue weighted by Crippen LogP contribution is 2.28. The molecule has 1 heterocycles. The van der Waals surface area contributed by atoms with Gasteiger partial charge in [-0.3, -0.25) is 20.0 Å². The molecule has 0 aliphatic carbocycles. The van der Waals surface area contributed by atoms with Crippen molar-refractivity contribution in [3.8, 4) is 17.0 Å². The standard InChI is InChI=1S/C17H14N4O4/c1-10-2-4-11(5-3-10)14-9-15(20-19-14)17(23)18-13-7-6-12(21(24)25)8-16(13)22/h2-9,22H,1H3,(H,18,23)(H,19,20). The highest BCUT2D eigenvalue weighted by molar-refractivity contribution is 6.04. The van der Waals surface area contributed by atoms with Crippen LogP contribution in [0.15, 0.2) is 48.5 Å². The van der Waals surface area contributed by atoms with Gasteiger partial charge in [0, 0.05) is 11.6 Å². The summed E-state index contributed by atoms with van der Waals surface area (Å²) in [5.41, 5.74) is 2.59.